The second kappa shape index (κ2) is 5.48. The first kappa shape index (κ1) is 11.7. The van der Waals surface area contributed by atoms with E-state index in [4.69, 9.17) is 0 Å². The molecule has 3 nitrogen and oxygen atoms in total. The summed E-state index contributed by atoms with van der Waals surface area (Å²) in [5.74, 6) is 0.0446. The summed E-state index contributed by atoms with van der Waals surface area (Å²) in [6, 6.07) is 4.09. The number of nitrogens with one attached hydrogen (secondary N) is 1. The van der Waals surface area contributed by atoms with Gasteiger partial charge in [-0.3, -0.25) is 9.69 Å². The molecule has 0 fully saturated rings. The van der Waals surface area contributed by atoms with Gasteiger partial charge in [0.15, 0.2) is 0 Å². The average Bonchev–Trinajstić information content (AvgIpc) is 2.50. The van der Waals surface area contributed by atoms with Gasteiger partial charge in [-0.25, -0.2) is 0 Å². The van der Waals surface area contributed by atoms with Crippen molar-refractivity contribution in [2.45, 2.75) is 6.54 Å². The summed E-state index contributed by atoms with van der Waals surface area (Å²) in [5, 5.41) is 2.60. The second-order valence-electron chi connectivity index (χ2n) is 3.05. The quantitative estimate of drug-likeness (QED) is 0.908. The Morgan fingerprint density at radius 1 is 1.64 bits per heavy atom. The SMILES string of the molecule is CNC(=O)CN(C)Cc1ccc(Br)s1. The molecule has 0 saturated heterocycles. The van der Waals surface area contributed by atoms with Crippen LogP contribution in [0.1, 0.15) is 4.88 Å². The summed E-state index contributed by atoms with van der Waals surface area (Å²) in [7, 11) is 3.58. The van der Waals surface area contributed by atoms with Crippen LogP contribution in [0.25, 0.3) is 0 Å². The summed E-state index contributed by atoms with van der Waals surface area (Å²) in [6.45, 7) is 1.25. The molecule has 78 valence electrons. The summed E-state index contributed by atoms with van der Waals surface area (Å²) < 4.78 is 1.13. The Morgan fingerprint density at radius 3 is 2.86 bits per heavy atom. The van der Waals surface area contributed by atoms with Crippen LogP contribution in [0.3, 0.4) is 0 Å². The lowest BCUT2D eigenvalue weighted by Crippen LogP contribution is -2.32. The molecule has 5 heteroatoms. The Kier molecular flexibility index (Phi) is 4.57. The van der Waals surface area contributed by atoms with Gasteiger partial charge in [-0.1, -0.05) is 0 Å². The molecular weight excluding hydrogens is 264 g/mol. The predicted octanol–water partition coefficient (Wildman–Crippen LogP) is 1.69. The molecule has 0 atom stereocenters. The van der Waals surface area contributed by atoms with E-state index in [1.165, 1.54) is 4.88 Å². The minimum absolute atomic E-state index is 0.0446. The summed E-state index contributed by atoms with van der Waals surface area (Å²) >= 11 is 5.10. The predicted molar refractivity (Wildman–Crippen MR) is 62.4 cm³/mol. The normalized spacial score (nSPS) is 10.6. The van der Waals surface area contributed by atoms with Crippen molar-refractivity contribution in [1.29, 1.82) is 0 Å². The van der Waals surface area contributed by atoms with Crippen molar-refractivity contribution in [2.24, 2.45) is 0 Å². The number of amides is 1. The molecule has 1 N–H and O–H groups in total. The van der Waals surface area contributed by atoms with Crippen molar-refractivity contribution >= 4 is 33.2 Å². The van der Waals surface area contributed by atoms with Gasteiger partial charge in [0, 0.05) is 18.5 Å². The van der Waals surface area contributed by atoms with E-state index < -0.39 is 0 Å². The molecule has 0 aliphatic heterocycles. The van der Waals surface area contributed by atoms with Crippen molar-refractivity contribution in [3.8, 4) is 0 Å². The maximum Gasteiger partial charge on any atom is 0.233 e. The van der Waals surface area contributed by atoms with Gasteiger partial charge in [0.2, 0.25) is 5.91 Å². The van der Waals surface area contributed by atoms with E-state index in [0.29, 0.717) is 6.54 Å². The van der Waals surface area contributed by atoms with Gasteiger partial charge in [0.1, 0.15) is 0 Å². The molecule has 0 saturated carbocycles. The Balaban J connectivity index is 2.41. The first-order chi connectivity index (χ1) is 6.61. The van der Waals surface area contributed by atoms with Gasteiger partial charge in [-0.15, -0.1) is 11.3 Å². The van der Waals surface area contributed by atoms with E-state index in [0.717, 1.165) is 10.3 Å². The van der Waals surface area contributed by atoms with Crippen LogP contribution in [0, 0.1) is 0 Å². The highest BCUT2D eigenvalue weighted by Crippen LogP contribution is 2.22. The van der Waals surface area contributed by atoms with Crippen LogP contribution in [0.4, 0.5) is 0 Å². The third-order valence-electron chi connectivity index (χ3n) is 1.75. The third kappa shape index (κ3) is 3.77. The zero-order valence-electron chi connectivity index (χ0n) is 8.21. The van der Waals surface area contributed by atoms with Crippen LogP contribution >= 0.6 is 27.3 Å². The van der Waals surface area contributed by atoms with Gasteiger partial charge in [0.25, 0.3) is 0 Å². The zero-order valence-corrected chi connectivity index (χ0v) is 10.6. The number of thiophene rings is 1. The molecule has 0 spiro atoms. The Morgan fingerprint density at radius 2 is 2.36 bits per heavy atom. The van der Waals surface area contributed by atoms with E-state index in [1.54, 1.807) is 18.4 Å². The maximum absolute atomic E-state index is 11.1. The van der Waals surface area contributed by atoms with Crippen molar-refractivity contribution in [3.63, 3.8) is 0 Å². The van der Waals surface area contributed by atoms with Gasteiger partial charge in [0.05, 0.1) is 10.3 Å². The van der Waals surface area contributed by atoms with Gasteiger partial charge in [-0.05, 0) is 35.1 Å². The molecule has 1 heterocycles. The van der Waals surface area contributed by atoms with Crippen LogP contribution in [-0.2, 0) is 11.3 Å². The summed E-state index contributed by atoms with van der Waals surface area (Å²) in [5.41, 5.74) is 0. The molecule has 1 aromatic rings. The number of hydrogen-bond donors (Lipinski definition) is 1. The minimum atomic E-state index is 0.0446. The van der Waals surface area contributed by atoms with E-state index in [1.807, 2.05) is 18.0 Å². The fraction of sp³-hybridized carbons (Fsp3) is 0.444. The van der Waals surface area contributed by atoms with E-state index >= 15 is 0 Å². The number of carbonyl (C=O) groups excluding carboxylic acids is 1. The summed E-state index contributed by atoms with van der Waals surface area (Å²) in [6.07, 6.45) is 0. The van der Waals surface area contributed by atoms with Crippen LogP contribution in [-0.4, -0.2) is 31.4 Å². The molecule has 0 bridgehead atoms. The van der Waals surface area contributed by atoms with Crippen LogP contribution < -0.4 is 5.32 Å². The smallest absolute Gasteiger partial charge is 0.233 e. The lowest BCUT2D eigenvalue weighted by atomic mass is 10.4. The fourth-order valence-corrected chi connectivity index (χ4v) is 2.65. The number of nitrogens with zero attached hydrogens (tertiary/aromatic N) is 1. The minimum Gasteiger partial charge on any atom is -0.358 e. The molecule has 0 aliphatic rings. The Labute approximate surface area is 96.2 Å². The molecule has 0 radical (unpaired) electrons. The Bertz CT molecular complexity index is 314. The first-order valence-corrected chi connectivity index (χ1v) is 5.86. The maximum atomic E-state index is 11.1. The van der Waals surface area contributed by atoms with Crippen LogP contribution in [0.2, 0.25) is 0 Å². The van der Waals surface area contributed by atoms with Gasteiger partial charge < -0.3 is 5.32 Å². The molecule has 0 aromatic carbocycles. The second-order valence-corrected chi connectivity index (χ2v) is 5.60. The van der Waals surface area contributed by atoms with Crippen LogP contribution in [0.15, 0.2) is 15.9 Å². The van der Waals surface area contributed by atoms with Crippen LogP contribution in [0.5, 0.6) is 0 Å². The molecule has 14 heavy (non-hydrogen) atoms. The molecule has 1 amide bonds. The van der Waals surface area contributed by atoms with Crippen molar-refractivity contribution in [2.75, 3.05) is 20.6 Å². The number of hydrogen-bond acceptors (Lipinski definition) is 3. The number of carbonyl (C=O) groups is 1. The van der Waals surface area contributed by atoms with Gasteiger partial charge >= 0.3 is 0 Å². The lowest BCUT2D eigenvalue weighted by Gasteiger charge is -2.13. The topological polar surface area (TPSA) is 32.3 Å². The van der Waals surface area contributed by atoms with Crippen molar-refractivity contribution in [3.05, 3.63) is 20.8 Å². The largest absolute Gasteiger partial charge is 0.358 e. The van der Waals surface area contributed by atoms with Gasteiger partial charge in [-0.2, -0.15) is 0 Å². The standard InChI is InChI=1S/C9H13BrN2OS/c1-11-9(13)6-12(2)5-7-3-4-8(10)14-7/h3-4H,5-6H2,1-2H3,(H,11,13). The monoisotopic (exact) mass is 276 g/mol. The highest BCUT2D eigenvalue weighted by molar-refractivity contribution is 9.11. The Hall–Kier alpha value is -0.390. The molecule has 0 unspecified atom stereocenters. The lowest BCUT2D eigenvalue weighted by molar-refractivity contribution is -0.121. The number of rotatable bonds is 4. The average molecular weight is 277 g/mol. The molecular formula is C9H13BrN2OS. The fourth-order valence-electron chi connectivity index (χ4n) is 1.08. The highest BCUT2D eigenvalue weighted by atomic mass is 79.9. The molecule has 1 rings (SSSR count). The number of halogens is 1. The summed E-state index contributed by atoms with van der Waals surface area (Å²) in [4.78, 5) is 14.3. The number of likely N-dealkylation sites (N-methyl/N-ethyl adjacent to an activating group) is 2. The highest BCUT2D eigenvalue weighted by Gasteiger charge is 2.06. The van der Waals surface area contributed by atoms with E-state index in [2.05, 4.69) is 27.3 Å². The van der Waals surface area contributed by atoms with Crippen molar-refractivity contribution in [1.82, 2.24) is 10.2 Å². The van der Waals surface area contributed by atoms with Crippen molar-refractivity contribution < 1.29 is 4.79 Å². The first-order valence-electron chi connectivity index (χ1n) is 4.25. The van der Waals surface area contributed by atoms with E-state index in [-0.39, 0.29) is 5.91 Å². The van der Waals surface area contributed by atoms with E-state index in [9.17, 15) is 4.79 Å². The molecule has 0 aliphatic carbocycles. The zero-order chi connectivity index (χ0) is 10.6. The third-order valence-corrected chi connectivity index (χ3v) is 3.36. The molecule has 1 aromatic heterocycles.